The Bertz CT molecular complexity index is 533. The fourth-order valence-electron chi connectivity index (χ4n) is 2.21. The Morgan fingerprint density at radius 3 is 3.06 bits per heavy atom. The number of aliphatic hydroxyl groups excluding tert-OH is 1. The number of aliphatic hydroxyl groups is 1. The number of nitrogens with one attached hydrogen (secondary N) is 1. The zero-order chi connectivity index (χ0) is 13.0. The lowest BCUT2D eigenvalue weighted by atomic mass is 10.0. The number of aromatic nitrogens is 1. The van der Waals surface area contributed by atoms with Crippen LogP contribution in [0.5, 0.6) is 0 Å². The number of carbonyl (C=O) groups excluding carboxylic acids is 1. The summed E-state index contributed by atoms with van der Waals surface area (Å²) in [4.78, 5) is 13.6. The second-order valence-corrected chi connectivity index (χ2v) is 4.29. The van der Waals surface area contributed by atoms with Gasteiger partial charge in [0.2, 0.25) is 0 Å². The standard InChI is InChI=1S/C14H17NO3/c1-10(18-9-17)13-8-15-14-11(5-3-7-16)4-2-6-12(13)14/h2,4,6,8-10,15-16H,3,5,7H2,1H3. The Morgan fingerprint density at radius 2 is 2.33 bits per heavy atom. The molecule has 0 saturated carbocycles. The van der Waals surface area contributed by atoms with Crippen molar-refractivity contribution in [2.75, 3.05) is 6.61 Å². The van der Waals surface area contributed by atoms with E-state index < -0.39 is 0 Å². The van der Waals surface area contributed by atoms with E-state index in [9.17, 15) is 4.79 Å². The molecule has 1 heterocycles. The molecular weight excluding hydrogens is 230 g/mol. The largest absolute Gasteiger partial charge is 0.460 e. The molecule has 0 aliphatic rings. The van der Waals surface area contributed by atoms with Gasteiger partial charge in [0.15, 0.2) is 0 Å². The van der Waals surface area contributed by atoms with E-state index in [2.05, 4.69) is 4.98 Å². The quantitative estimate of drug-likeness (QED) is 0.770. The van der Waals surface area contributed by atoms with E-state index in [1.807, 2.05) is 31.3 Å². The topological polar surface area (TPSA) is 62.3 Å². The molecule has 0 saturated heterocycles. The van der Waals surface area contributed by atoms with Gasteiger partial charge in [-0.05, 0) is 25.3 Å². The Hall–Kier alpha value is -1.81. The number of carbonyl (C=O) groups is 1. The van der Waals surface area contributed by atoms with Gasteiger partial charge in [0.1, 0.15) is 6.10 Å². The van der Waals surface area contributed by atoms with E-state index in [1.54, 1.807) is 0 Å². The molecule has 1 aromatic heterocycles. The highest BCUT2D eigenvalue weighted by molar-refractivity contribution is 5.86. The Balaban J connectivity index is 2.38. The number of fused-ring (bicyclic) bond motifs is 1. The summed E-state index contributed by atoms with van der Waals surface area (Å²) >= 11 is 0. The van der Waals surface area contributed by atoms with Crippen LogP contribution < -0.4 is 0 Å². The van der Waals surface area contributed by atoms with Gasteiger partial charge in [-0.25, -0.2) is 0 Å². The van der Waals surface area contributed by atoms with Crippen molar-refractivity contribution < 1.29 is 14.6 Å². The molecule has 0 aliphatic heterocycles. The van der Waals surface area contributed by atoms with E-state index in [-0.39, 0.29) is 12.7 Å². The van der Waals surface area contributed by atoms with E-state index in [4.69, 9.17) is 9.84 Å². The van der Waals surface area contributed by atoms with Gasteiger partial charge in [-0.3, -0.25) is 4.79 Å². The number of rotatable bonds is 6. The second-order valence-electron chi connectivity index (χ2n) is 4.29. The fraction of sp³-hybridized carbons (Fsp3) is 0.357. The molecule has 4 heteroatoms. The van der Waals surface area contributed by atoms with Crippen molar-refractivity contribution in [2.24, 2.45) is 0 Å². The summed E-state index contributed by atoms with van der Waals surface area (Å²) in [6.45, 7) is 2.51. The maximum Gasteiger partial charge on any atom is 0.293 e. The third-order valence-corrected chi connectivity index (χ3v) is 3.14. The van der Waals surface area contributed by atoms with E-state index in [0.717, 1.165) is 29.3 Å². The third-order valence-electron chi connectivity index (χ3n) is 3.14. The van der Waals surface area contributed by atoms with Gasteiger partial charge in [-0.2, -0.15) is 0 Å². The van der Waals surface area contributed by atoms with Gasteiger partial charge in [0.25, 0.3) is 6.47 Å². The van der Waals surface area contributed by atoms with Crippen LogP contribution >= 0.6 is 0 Å². The molecular formula is C14H17NO3. The molecule has 0 amide bonds. The highest BCUT2D eigenvalue weighted by atomic mass is 16.5. The normalized spacial score (nSPS) is 12.6. The minimum Gasteiger partial charge on any atom is -0.460 e. The zero-order valence-electron chi connectivity index (χ0n) is 10.3. The van der Waals surface area contributed by atoms with Gasteiger partial charge in [-0.15, -0.1) is 0 Å². The molecule has 18 heavy (non-hydrogen) atoms. The number of ether oxygens (including phenoxy) is 1. The first-order chi connectivity index (χ1) is 8.77. The molecule has 2 aromatic rings. The molecule has 1 aromatic carbocycles. The number of aromatic amines is 1. The number of H-pyrrole nitrogens is 1. The van der Waals surface area contributed by atoms with Gasteiger partial charge in [0, 0.05) is 29.3 Å². The highest BCUT2D eigenvalue weighted by Gasteiger charge is 2.13. The summed E-state index contributed by atoms with van der Waals surface area (Å²) < 4.78 is 4.97. The van der Waals surface area contributed by atoms with E-state index >= 15 is 0 Å². The average Bonchev–Trinajstić information content (AvgIpc) is 2.81. The average molecular weight is 247 g/mol. The molecule has 2 N–H and O–H groups in total. The predicted molar refractivity (Wildman–Crippen MR) is 69.3 cm³/mol. The van der Waals surface area contributed by atoms with E-state index in [1.165, 1.54) is 5.56 Å². The summed E-state index contributed by atoms with van der Waals surface area (Å²) in [7, 11) is 0. The van der Waals surface area contributed by atoms with Crippen molar-refractivity contribution in [1.82, 2.24) is 4.98 Å². The molecule has 2 rings (SSSR count). The summed E-state index contributed by atoms with van der Waals surface area (Å²) in [6, 6.07) is 6.04. The summed E-state index contributed by atoms with van der Waals surface area (Å²) in [6.07, 6.45) is 3.19. The molecule has 0 spiro atoms. The lowest BCUT2D eigenvalue weighted by Gasteiger charge is -2.08. The second kappa shape index (κ2) is 5.69. The van der Waals surface area contributed by atoms with Crippen LogP contribution in [-0.4, -0.2) is 23.2 Å². The molecule has 0 fully saturated rings. The van der Waals surface area contributed by atoms with Crippen LogP contribution in [0, 0.1) is 0 Å². The first-order valence-corrected chi connectivity index (χ1v) is 6.06. The molecule has 4 nitrogen and oxygen atoms in total. The monoisotopic (exact) mass is 247 g/mol. The Kier molecular flexibility index (Phi) is 3.99. The smallest absolute Gasteiger partial charge is 0.293 e. The summed E-state index contributed by atoms with van der Waals surface area (Å²) in [5, 5.41) is 9.96. The van der Waals surface area contributed by atoms with Crippen LogP contribution in [0.15, 0.2) is 24.4 Å². The Morgan fingerprint density at radius 1 is 1.50 bits per heavy atom. The Labute approximate surface area is 106 Å². The van der Waals surface area contributed by atoms with Crippen molar-refractivity contribution in [2.45, 2.75) is 25.9 Å². The van der Waals surface area contributed by atoms with Crippen LogP contribution in [-0.2, 0) is 16.0 Å². The zero-order valence-corrected chi connectivity index (χ0v) is 10.3. The first kappa shape index (κ1) is 12.6. The van der Waals surface area contributed by atoms with Crippen LogP contribution in [0.2, 0.25) is 0 Å². The number of aryl methyl sites for hydroxylation is 1. The number of hydrogen-bond acceptors (Lipinski definition) is 3. The molecule has 1 atom stereocenters. The van der Waals surface area contributed by atoms with Crippen LogP contribution in [0.3, 0.4) is 0 Å². The molecule has 1 unspecified atom stereocenters. The van der Waals surface area contributed by atoms with Gasteiger partial charge >= 0.3 is 0 Å². The maximum atomic E-state index is 10.4. The lowest BCUT2D eigenvalue weighted by molar-refractivity contribution is -0.133. The van der Waals surface area contributed by atoms with Crippen LogP contribution in [0.1, 0.15) is 30.6 Å². The van der Waals surface area contributed by atoms with E-state index in [0.29, 0.717) is 6.47 Å². The van der Waals surface area contributed by atoms with Crippen molar-refractivity contribution in [3.05, 3.63) is 35.5 Å². The number of hydrogen-bond donors (Lipinski definition) is 2. The highest BCUT2D eigenvalue weighted by Crippen LogP contribution is 2.28. The predicted octanol–water partition coefficient (Wildman–Crippen LogP) is 2.33. The first-order valence-electron chi connectivity index (χ1n) is 6.06. The van der Waals surface area contributed by atoms with Gasteiger partial charge in [0.05, 0.1) is 0 Å². The van der Waals surface area contributed by atoms with Gasteiger partial charge in [-0.1, -0.05) is 18.2 Å². The number of para-hydroxylation sites is 1. The van der Waals surface area contributed by atoms with Crippen molar-refractivity contribution in [1.29, 1.82) is 0 Å². The fourth-order valence-corrected chi connectivity index (χ4v) is 2.21. The molecule has 96 valence electrons. The SMILES string of the molecule is CC(OC=O)c1c[nH]c2c(CCCO)cccc12. The summed E-state index contributed by atoms with van der Waals surface area (Å²) in [5.41, 5.74) is 3.20. The minimum absolute atomic E-state index is 0.189. The minimum atomic E-state index is -0.260. The third kappa shape index (κ3) is 2.38. The lowest BCUT2D eigenvalue weighted by Crippen LogP contribution is -1.97. The molecule has 0 bridgehead atoms. The van der Waals surface area contributed by atoms with Crippen LogP contribution in [0.25, 0.3) is 10.9 Å². The molecule has 0 aliphatic carbocycles. The molecule has 0 radical (unpaired) electrons. The van der Waals surface area contributed by atoms with Crippen molar-refractivity contribution in [3.63, 3.8) is 0 Å². The summed E-state index contributed by atoms with van der Waals surface area (Å²) in [5.74, 6) is 0. The van der Waals surface area contributed by atoms with Gasteiger partial charge < -0.3 is 14.8 Å². The maximum absolute atomic E-state index is 10.4. The van der Waals surface area contributed by atoms with Crippen molar-refractivity contribution >= 4 is 17.4 Å². The number of benzene rings is 1. The van der Waals surface area contributed by atoms with Crippen LogP contribution in [0.4, 0.5) is 0 Å². The van der Waals surface area contributed by atoms with Crippen molar-refractivity contribution in [3.8, 4) is 0 Å².